The van der Waals surface area contributed by atoms with E-state index in [4.69, 9.17) is 4.74 Å². The summed E-state index contributed by atoms with van der Waals surface area (Å²) in [4.78, 5) is 0. The second-order valence-electron chi connectivity index (χ2n) is 5.83. The topological polar surface area (TPSA) is 12.5 Å². The van der Waals surface area contributed by atoms with Gasteiger partial charge < -0.3 is 4.74 Å². The largest absolute Gasteiger partial charge is 0.366 e. The van der Waals surface area contributed by atoms with Gasteiger partial charge in [-0.25, -0.2) is 0 Å². The Morgan fingerprint density at radius 1 is 1.56 bits per heavy atom. The summed E-state index contributed by atoms with van der Waals surface area (Å²) < 4.78 is 5.96. The van der Waals surface area contributed by atoms with Crippen LogP contribution in [0.5, 0.6) is 0 Å². The van der Waals surface area contributed by atoms with Crippen LogP contribution >= 0.6 is 0 Å². The first-order valence-corrected chi connectivity index (χ1v) is 6.49. The van der Waals surface area contributed by atoms with Gasteiger partial charge in [0, 0.05) is 0 Å². The van der Waals surface area contributed by atoms with Crippen molar-refractivity contribution < 1.29 is 4.74 Å². The molecule has 1 aliphatic carbocycles. The maximum absolute atomic E-state index is 5.96. The van der Waals surface area contributed by atoms with Crippen molar-refractivity contribution in [3.05, 3.63) is 23.3 Å². The summed E-state index contributed by atoms with van der Waals surface area (Å²) in [5, 5.41) is 0. The van der Waals surface area contributed by atoms with Crippen LogP contribution in [-0.4, -0.2) is 11.7 Å². The van der Waals surface area contributed by atoms with Gasteiger partial charge in [0.05, 0.1) is 11.7 Å². The summed E-state index contributed by atoms with van der Waals surface area (Å²) >= 11 is 0. The van der Waals surface area contributed by atoms with Crippen molar-refractivity contribution in [1.82, 2.24) is 0 Å². The highest BCUT2D eigenvalue weighted by atomic mass is 16.6. The molecule has 0 aromatic rings. The Hall–Kier alpha value is -0.560. The molecule has 1 saturated heterocycles. The molecule has 0 N–H and O–H groups in total. The Balaban J connectivity index is 1.89. The SMILES string of the molecule is CC(C)=CC[C@@H]1O[C@@]1(C)C1CC=C(C)CC1. The summed E-state index contributed by atoms with van der Waals surface area (Å²) in [6, 6.07) is 0. The fourth-order valence-electron chi connectivity index (χ4n) is 2.74. The van der Waals surface area contributed by atoms with Gasteiger partial charge in [0.15, 0.2) is 0 Å². The van der Waals surface area contributed by atoms with Crippen molar-refractivity contribution >= 4 is 0 Å². The van der Waals surface area contributed by atoms with Gasteiger partial charge in [-0.2, -0.15) is 0 Å². The van der Waals surface area contributed by atoms with E-state index in [0.717, 1.165) is 12.3 Å². The Morgan fingerprint density at radius 2 is 2.31 bits per heavy atom. The number of rotatable bonds is 3. The summed E-state index contributed by atoms with van der Waals surface area (Å²) in [5.74, 6) is 0.742. The molecule has 1 aliphatic heterocycles. The first kappa shape index (κ1) is 11.9. The van der Waals surface area contributed by atoms with Crippen LogP contribution in [0.4, 0.5) is 0 Å². The molecule has 2 aliphatic rings. The van der Waals surface area contributed by atoms with Gasteiger partial charge in [0.1, 0.15) is 0 Å². The third-order valence-electron chi connectivity index (χ3n) is 4.17. The molecule has 1 nitrogen and oxygen atoms in total. The number of hydrogen-bond acceptors (Lipinski definition) is 1. The van der Waals surface area contributed by atoms with Gasteiger partial charge in [-0.05, 0) is 59.3 Å². The summed E-state index contributed by atoms with van der Waals surface area (Å²) in [7, 11) is 0. The lowest BCUT2D eigenvalue weighted by molar-refractivity contribution is 0.218. The van der Waals surface area contributed by atoms with E-state index in [-0.39, 0.29) is 5.60 Å². The molecule has 0 amide bonds. The minimum absolute atomic E-state index is 0.170. The van der Waals surface area contributed by atoms with Gasteiger partial charge in [0.2, 0.25) is 0 Å². The van der Waals surface area contributed by atoms with E-state index < -0.39 is 0 Å². The predicted octanol–water partition coefficient (Wildman–Crippen LogP) is 4.25. The highest BCUT2D eigenvalue weighted by Gasteiger charge is 2.55. The number of hydrogen-bond donors (Lipinski definition) is 0. The number of epoxide rings is 1. The lowest BCUT2D eigenvalue weighted by Crippen LogP contribution is -2.25. The summed E-state index contributed by atoms with van der Waals surface area (Å²) in [5.41, 5.74) is 3.13. The Bertz CT molecular complexity index is 322. The van der Waals surface area contributed by atoms with Crippen molar-refractivity contribution in [2.45, 2.75) is 65.1 Å². The van der Waals surface area contributed by atoms with Crippen LogP contribution in [0, 0.1) is 5.92 Å². The smallest absolute Gasteiger partial charge is 0.0954 e. The molecular weight excluding hydrogens is 196 g/mol. The summed E-state index contributed by atoms with van der Waals surface area (Å²) in [6.07, 6.45) is 10.1. The van der Waals surface area contributed by atoms with Gasteiger partial charge >= 0.3 is 0 Å². The zero-order valence-corrected chi connectivity index (χ0v) is 11.0. The maximum atomic E-state index is 5.96. The highest BCUT2D eigenvalue weighted by molar-refractivity contribution is 5.13. The summed E-state index contributed by atoms with van der Waals surface area (Å²) in [6.45, 7) is 8.86. The fourth-order valence-corrected chi connectivity index (χ4v) is 2.74. The average Bonchev–Trinajstić information content (AvgIpc) is 2.89. The molecule has 1 heteroatoms. The van der Waals surface area contributed by atoms with E-state index in [2.05, 4.69) is 39.8 Å². The number of allylic oxidation sites excluding steroid dienone is 3. The maximum Gasteiger partial charge on any atom is 0.0954 e. The minimum atomic E-state index is 0.170. The van der Waals surface area contributed by atoms with Gasteiger partial charge in [-0.3, -0.25) is 0 Å². The molecule has 3 atom stereocenters. The molecule has 1 unspecified atom stereocenters. The van der Waals surface area contributed by atoms with Crippen LogP contribution in [0.2, 0.25) is 0 Å². The molecule has 0 spiro atoms. The van der Waals surface area contributed by atoms with E-state index >= 15 is 0 Å². The van der Waals surface area contributed by atoms with Crippen LogP contribution in [0.15, 0.2) is 23.3 Å². The Kier molecular flexibility index (Phi) is 3.25. The zero-order valence-electron chi connectivity index (χ0n) is 11.0. The van der Waals surface area contributed by atoms with Gasteiger partial charge in [-0.1, -0.05) is 23.3 Å². The van der Waals surface area contributed by atoms with Crippen LogP contribution in [0.3, 0.4) is 0 Å². The highest BCUT2D eigenvalue weighted by Crippen LogP contribution is 2.49. The van der Waals surface area contributed by atoms with Gasteiger partial charge in [0.25, 0.3) is 0 Å². The Labute approximate surface area is 99.6 Å². The van der Waals surface area contributed by atoms with Gasteiger partial charge in [-0.15, -0.1) is 0 Å². The quantitative estimate of drug-likeness (QED) is 0.512. The third kappa shape index (κ3) is 2.40. The standard InChI is InChI=1S/C15H24O/c1-11(2)5-10-14-15(4,16-14)13-8-6-12(3)7-9-13/h5-6,13-14H,7-10H2,1-4H3/t13?,14-,15-/m0/s1. The molecule has 0 bridgehead atoms. The molecule has 0 aromatic carbocycles. The normalized spacial score (nSPS) is 37.9. The van der Waals surface area contributed by atoms with Crippen LogP contribution in [-0.2, 0) is 4.74 Å². The fraction of sp³-hybridized carbons (Fsp3) is 0.733. The molecule has 2 rings (SSSR count). The van der Waals surface area contributed by atoms with Crippen molar-refractivity contribution in [3.8, 4) is 0 Å². The van der Waals surface area contributed by atoms with Crippen molar-refractivity contribution in [2.24, 2.45) is 5.92 Å². The third-order valence-corrected chi connectivity index (χ3v) is 4.17. The van der Waals surface area contributed by atoms with E-state index in [9.17, 15) is 0 Å². The first-order chi connectivity index (χ1) is 7.52. The second kappa shape index (κ2) is 4.37. The van der Waals surface area contributed by atoms with E-state index in [1.807, 2.05) is 0 Å². The average molecular weight is 220 g/mol. The first-order valence-electron chi connectivity index (χ1n) is 6.49. The molecule has 0 saturated carbocycles. The van der Waals surface area contributed by atoms with Crippen molar-refractivity contribution in [3.63, 3.8) is 0 Å². The minimum Gasteiger partial charge on any atom is -0.366 e. The second-order valence-corrected chi connectivity index (χ2v) is 5.83. The van der Waals surface area contributed by atoms with E-state index in [1.165, 1.54) is 24.8 Å². The monoisotopic (exact) mass is 220 g/mol. The predicted molar refractivity (Wildman–Crippen MR) is 68.4 cm³/mol. The number of ether oxygens (including phenoxy) is 1. The van der Waals surface area contributed by atoms with Crippen LogP contribution < -0.4 is 0 Å². The van der Waals surface area contributed by atoms with E-state index in [1.54, 1.807) is 5.57 Å². The zero-order chi connectivity index (χ0) is 11.8. The molecule has 0 aromatic heterocycles. The lowest BCUT2D eigenvalue weighted by Gasteiger charge is -2.24. The molecule has 1 fully saturated rings. The molecule has 16 heavy (non-hydrogen) atoms. The van der Waals surface area contributed by atoms with Crippen molar-refractivity contribution in [1.29, 1.82) is 0 Å². The molecule has 90 valence electrons. The molecule has 0 radical (unpaired) electrons. The van der Waals surface area contributed by atoms with Crippen LogP contribution in [0.1, 0.15) is 53.4 Å². The van der Waals surface area contributed by atoms with Crippen LogP contribution in [0.25, 0.3) is 0 Å². The molecule has 1 heterocycles. The molecular formula is C15H24O. The van der Waals surface area contributed by atoms with Crippen molar-refractivity contribution in [2.75, 3.05) is 0 Å². The Morgan fingerprint density at radius 3 is 2.88 bits per heavy atom. The lowest BCUT2D eigenvalue weighted by atomic mass is 9.79. The van der Waals surface area contributed by atoms with E-state index in [0.29, 0.717) is 6.10 Å².